The van der Waals surface area contributed by atoms with Crippen molar-refractivity contribution in [2.75, 3.05) is 21.3 Å². The Bertz CT molecular complexity index is 1410. The SMILES string of the molecule is COC(=O)[C@@H]1CC[C@@]12CCc1ccc(OCc3ccc(-c4cc(OC)ccc4F)c([C@@H](OC)C(C)(C)C)c3)cc12. The summed E-state index contributed by atoms with van der Waals surface area (Å²) < 4.78 is 37.8. The molecule has 1 fully saturated rings. The van der Waals surface area contributed by atoms with E-state index in [9.17, 15) is 4.79 Å². The molecule has 3 aromatic carbocycles. The van der Waals surface area contributed by atoms with E-state index >= 15 is 4.39 Å². The van der Waals surface area contributed by atoms with Crippen LogP contribution >= 0.6 is 0 Å². The zero-order chi connectivity index (χ0) is 28.7. The molecule has 0 saturated heterocycles. The van der Waals surface area contributed by atoms with E-state index in [1.807, 2.05) is 18.2 Å². The maximum absolute atomic E-state index is 15.1. The number of ether oxygens (including phenoxy) is 4. The van der Waals surface area contributed by atoms with Crippen molar-refractivity contribution in [1.29, 1.82) is 0 Å². The van der Waals surface area contributed by atoms with E-state index in [1.165, 1.54) is 24.3 Å². The summed E-state index contributed by atoms with van der Waals surface area (Å²) in [6, 6.07) is 17.0. The number of methoxy groups -OCH3 is 3. The van der Waals surface area contributed by atoms with E-state index in [-0.39, 0.29) is 34.6 Å². The van der Waals surface area contributed by atoms with Crippen LogP contribution in [-0.2, 0) is 32.7 Å². The molecule has 6 heteroatoms. The highest BCUT2D eigenvalue weighted by molar-refractivity contribution is 5.77. The molecule has 2 aliphatic carbocycles. The van der Waals surface area contributed by atoms with Gasteiger partial charge in [0.05, 0.1) is 26.2 Å². The second-order valence-electron chi connectivity index (χ2n) is 12.1. The van der Waals surface area contributed by atoms with Crippen LogP contribution in [0.15, 0.2) is 54.6 Å². The van der Waals surface area contributed by atoms with Gasteiger partial charge in [-0.15, -0.1) is 0 Å². The minimum Gasteiger partial charge on any atom is -0.497 e. The van der Waals surface area contributed by atoms with Crippen molar-refractivity contribution in [3.05, 3.63) is 82.7 Å². The summed E-state index contributed by atoms with van der Waals surface area (Å²) >= 11 is 0. The van der Waals surface area contributed by atoms with Gasteiger partial charge in [-0.1, -0.05) is 39.0 Å². The summed E-state index contributed by atoms with van der Waals surface area (Å²) in [6.45, 7) is 6.68. The molecule has 0 bridgehead atoms. The summed E-state index contributed by atoms with van der Waals surface area (Å²) in [5.74, 6) is 0.860. The Morgan fingerprint density at radius 1 is 0.975 bits per heavy atom. The van der Waals surface area contributed by atoms with Crippen LogP contribution in [0.5, 0.6) is 11.5 Å². The highest BCUT2D eigenvalue weighted by Crippen LogP contribution is 2.57. The highest BCUT2D eigenvalue weighted by Gasteiger charge is 2.55. The molecule has 0 aromatic heterocycles. The molecular formula is C34H39FO5. The second kappa shape index (κ2) is 10.9. The first-order valence-electron chi connectivity index (χ1n) is 13.9. The van der Waals surface area contributed by atoms with Gasteiger partial charge in [-0.3, -0.25) is 4.79 Å². The highest BCUT2D eigenvalue weighted by atomic mass is 19.1. The fraction of sp³-hybridized carbons (Fsp3) is 0.441. The van der Waals surface area contributed by atoms with Crippen molar-refractivity contribution in [3.8, 4) is 22.6 Å². The number of hydrogen-bond donors (Lipinski definition) is 0. The average molecular weight is 547 g/mol. The lowest BCUT2D eigenvalue weighted by Crippen LogP contribution is -2.47. The summed E-state index contributed by atoms with van der Waals surface area (Å²) in [5, 5.41) is 0. The Hall–Kier alpha value is -3.38. The Kier molecular flexibility index (Phi) is 7.66. The van der Waals surface area contributed by atoms with E-state index in [1.54, 1.807) is 26.4 Å². The molecule has 5 rings (SSSR count). The van der Waals surface area contributed by atoms with E-state index < -0.39 is 0 Å². The monoisotopic (exact) mass is 546 g/mol. The summed E-state index contributed by atoms with van der Waals surface area (Å²) in [5.41, 5.74) is 5.25. The first-order chi connectivity index (χ1) is 19.1. The van der Waals surface area contributed by atoms with Gasteiger partial charge in [0.15, 0.2) is 0 Å². The van der Waals surface area contributed by atoms with Crippen molar-refractivity contribution in [1.82, 2.24) is 0 Å². The van der Waals surface area contributed by atoms with Gasteiger partial charge in [0, 0.05) is 18.1 Å². The molecule has 3 atom stereocenters. The summed E-state index contributed by atoms with van der Waals surface area (Å²) in [6.07, 6.45) is 3.54. The Morgan fingerprint density at radius 3 is 2.40 bits per heavy atom. The number of carbonyl (C=O) groups excluding carboxylic acids is 1. The molecule has 212 valence electrons. The standard InChI is InChI=1S/C34H39FO5/c1-33(2,3)31(38-5)27-17-21(7-11-25(27)26-18-23(37-4)10-12-30(26)35)20-40-24-9-8-22-13-15-34(29(22)19-24)16-14-28(34)32(36)39-6/h7-12,17-19,28,31H,13-16,20H2,1-6H3/t28-,31+,34-/m0/s1. The van der Waals surface area contributed by atoms with Crippen LogP contribution in [0.4, 0.5) is 4.39 Å². The number of benzene rings is 3. The maximum atomic E-state index is 15.1. The number of esters is 1. The molecule has 0 radical (unpaired) electrons. The quantitative estimate of drug-likeness (QED) is 0.273. The number of rotatable bonds is 8. The Labute approximate surface area is 236 Å². The smallest absolute Gasteiger partial charge is 0.309 e. The van der Waals surface area contributed by atoms with Crippen molar-refractivity contribution in [2.45, 2.75) is 64.6 Å². The number of aryl methyl sites for hydroxylation is 1. The van der Waals surface area contributed by atoms with Crippen molar-refractivity contribution >= 4 is 5.97 Å². The van der Waals surface area contributed by atoms with Gasteiger partial charge in [-0.25, -0.2) is 4.39 Å². The normalized spacial score (nSPS) is 20.5. The molecule has 5 nitrogen and oxygen atoms in total. The lowest BCUT2D eigenvalue weighted by atomic mass is 9.57. The predicted molar refractivity (Wildman–Crippen MR) is 153 cm³/mol. The number of carbonyl (C=O) groups is 1. The number of halogens is 1. The van der Waals surface area contributed by atoms with Gasteiger partial charge in [0.1, 0.15) is 23.9 Å². The van der Waals surface area contributed by atoms with E-state index in [0.29, 0.717) is 17.9 Å². The lowest BCUT2D eigenvalue weighted by molar-refractivity contribution is -0.153. The van der Waals surface area contributed by atoms with Crippen molar-refractivity contribution in [3.63, 3.8) is 0 Å². The van der Waals surface area contributed by atoms with Gasteiger partial charge < -0.3 is 18.9 Å². The van der Waals surface area contributed by atoms with Gasteiger partial charge in [0.2, 0.25) is 0 Å². The van der Waals surface area contributed by atoms with Crippen molar-refractivity contribution in [2.24, 2.45) is 11.3 Å². The predicted octanol–water partition coefficient (Wildman–Crippen LogP) is 7.58. The zero-order valence-electron chi connectivity index (χ0n) is 24.3. The minimum atomic E-state index is -0.317. The van der Waals surface area contributed by atoms with Gasteiger partial charge in [-0.05, 0) is 95.3 Å². The number of fused-ring (bicyclic) bond motifs is 2. The molecular weight excluding hydrogens is 507 g/mol. The summed E-state index contributed by atoms with van der Waals surface area (Å²) in [7, 11) is 4.74. The zero-order valence-corrected chi connectivity index (χ0v) is 24.3. The van der Waals surface area contributed by atoms with Crippen LogP contribution in [0.2, 0.25) is 0 Å². The molecule has 1 saturated carbocycles. The van der Waals surface area contributed by atoms with Gasteiger partial charge >= 0.3 is 5.97 Å². The van der Waals surface area contributed by atoms with Crippen LogP contribution in [0.25, 0.3) is 11.1 Å². The Morgan fingerprint density at radius 2 is 1.75 bits per heavy atom. The van der Waals surface area contributed by atoms with Crippen molar-refractivity contribution < 1.29 is 28.1 Å². The van der Waals surface area contributed by atoms with Gasteiger partial charge in [0.25, 0.3) is 0 Å². The fourth-order valence-electron chi connectivity index (χ4n) is 6.68. The van der Waals surface area contributed by atoms with E-state index in [2.05, 4.69) is 39.0 Å². The summed E-state index contributed by atoms with van der Waals surface area (Å²) in [4.78, 5) is 12.4. The average Bonchev–Trinajstić information content (AvgIpc) is 3.32. The molecule has 2 aliphatic rings. The number of hydrogen-bond acceptors (Lipinski definition) is 5. The molecule has 0 N–H and O–H groups in total. The Balaban J connectivity index is 1.45. The van der Waals surface area contributed by atoms with E-state index in [4.69, 9.17) is 18.9 Å². The van der Waals surface area contributed by atoms with Gasteiger partial charge in [-0.2, -0.15) is 0 Å². The second-order valence-corrected chi connectivity index (χ2v) is 12.1. The first-order valence-corrected chi connectivity index (χ1v) is 13.9. The van der Waals surface area contributed by atoms with E-state index in [0.717, 1.165) is 48.1 Å². The molecule has 1 spiro atoms. The van der Waals surface area contributed by atoms with Crippen LogP contribution in [0.1, 0.15) is 68.4 Å². The molecule has 3 aromatic rings. The minimum absolute atomic E-state index is 0.0792. The third-order valence-corrected chi connectivity index (χ3v) is 8.78. The van der Waals surface area contributed by atoms with Crippen LogP contribution in [-0.4, -0.2) is 27.3 Å². The molecule has 0 heterocycles. The van der Waals surface area contributed by atoms with Crippen LogP contribution in [0, 0.1) is 17.2 Å². The maximum Gasteiger partial charge on any atom is 0.309 e. The lowest BCUT2D eigenvalue weighted by Gasteiger charge is -2.46. The third kappa shape index (κ3) is 4.98. The fourth-order valence-corrected chi connectivity index (χ4v) is 6.68. The topological polar surface area (TPSA) is 54.0 Å². The molecule has 40 heavy (non-hydrogen) atoms. The molecule has 0 aliphatic heterocycles. The molecule has 0 unspecified atom stereocenters. The third-order valence-electron chi connectivity index (χ3n) is 8.78. The largest absolute Gasteiger partial charge is 0.497 e. The van der Waals surface area contributed by atoms with Crippen LogP contribution < -0.4 is 9.47 Å². The first kappa shape index (κ1) is 28.2. The molecule has 0 amide bonds. The van der Waals surface area contributed by atoms with Crippen LogP contribution in [0.3, 0.4) is 0 Å².